The Balaban J connectivity index is 4.03. The molecule has 7 heteroatoms. The molecule has 0 aromatic rings. The van der Waals surface area contributed by atoms with Crippen LogP contribution in [0.2, 0.25) is 0 Å². The number of nitrogens with one attached hydrogen (secondary N) is 1. The number of hydrogen-bond acceptors (Lipinski definition) is 5. The molecule has 0 unspecified atom stereocenters. The molecule has 0 bridgehead atoms. The molecular formula is C9H20N2O4S. The van der Waals surface area contributed by atoms with Crippen LogP contribution in [-0.2, 0) is 19.6 Å². The van der Waals surface area contributed by atoms with Crippen LogP contribution in [0.1, 0.15) is 33.1 Å². The van der Waals surface area contributed by atoms with Crippen molar-refractivity contribution in [2.45, 2.75) is 39.3 Å². The Labute approximate surface area is 96.6 Å². The number of carbonyl (C=O) groups excluding carboxylic acids is 1. The first-order chi connectivity index (χ1) is 7.41. The second-order valence-electron chi connectivity index (χ2n) is 3.41. The minimum absolute atomic E-state index is 0.0278. The number of hydrogen-bond donors (Lipinski definition) is 2. The molecule has 0 radical (unpaired) electrons. The van der Waals surface area contributed by atoms with E-state index in [2.05, 4.69) is 9.46 Å². The van der Waals surface area contributed by atoms with E-state index in [0.29, 0.717) is 6.42 Å². The molecule has 0 aliphatic heterocycles. The van der Waals surface area contributed by atoms with Crippen molar-refractivity contribution >= 4 is 16.0 Å². The molecule has 96 valence electrons. The highest BCUT2D eigenvalue weighted by Gasteiger charge is 2.17. The van der Waals surface area contributed by atoms with Crippen LogP contribution in [0.3, 0.4) is 0 Å². The number of esters is 1. The van der Waals surface area contributed by atoms with Crippen LogP contribution in [0.4, 0.5) is 0 Å². The number of unbranched alkanes of at least 4 members (excludes halogenated alkanes) is 1. The van der Waals surface area contributed by atoms with Crippen molar-refractivity contribution in [1.82, 2.24) is 4.72 Å². The van der Waals surface area contributed by atoms with Crippen LogP contribution < -0.4 is 10.5 Å². The molecule has 0 aromatic heterocycles. The van der Waals surface area contributed by atoms with Gasteiger partial charge in [0, 0.05) is 0 Å². The van der Waals surface area contributed by atoms with Crippen molar-refractivity contribution < 1.29 is 17.9 Å². The topological polar surface area (TPSA) is 98.5 Å². The Morgan fingerprint density at radius 1 is 1.44 bits per heavy atom. The van der Waals surface area contributed by atoms with Crippen LogP contribution in [0.5, 0.6) is 0 Å². The lowest BCUT2D eigenvalue weighted by Gasteiger charge is -2.13. The third-order valence-corrected chi connectivity index (χ3v) is 3.28. The monoisotopic (exact) mass is 252 g/mol. The molecule has 0 aliphatic rings. The molecule has 0 heterocycles. The summed E-state index contributed by atoms with van der Waals surface area (Å²) < 4.78 is 29.7. The van der Waals surface area contributed by atoms with Gasteiger partial charge in [-0.1, -0.05) is 13.3 Å². The largest absolute Gasteiger partial charge is 0.466 e. The highest BCUT2D eigenvalue weighted by molar-refractivity contribution is 7.89. The molecule has 1 atom stereocenters. The van der Waals surface area contributed by atoms with Gasteiger partial charge in [-0.3, -0.25) is 4.79 Å². The van der Waals surface area contributed by atoms with Crippen molar-refractivity contribution in [2.75, 3.05) is 12.4 Å². The van der Waals surface area contributed by atoms with Gasteiger partial charge in [0.1, 0.15) is 0 Å². The summed E-state index contributed by atoms with van der Waals surface area (Å²) in [6.45, 7) is 3.83. The van der Waals surface area contributed by atoms with E-state index in [1.165, 1.54) is 0 Å². The molecule has 0 rings (SSSR count). The summed E-state index contributed by atoms with van der Waals surface area (Å²) in [6, 6.07) is 0. The van der Waals surface area contributed by atoms with Crippen LogP contribution in [0.25, 0.3) is 0 Å². The van der Waals surface area contributed by atoms with Gasteiger partial charge in [-0.15, -0.1) is 0 Å². The van der Waals surface area contributed by atoms with Crippen molar-refractivity contribution in [3.05, 3.63) is 0 Å². The van der Waals surface area contributed by atoms with Crippen LogP contribution >= 0.6 is 0 Å². The van der Waals surface area contributed by atoms with Gasteiger partial charge in [0.05, 0.1) is 24.9 Å². The van der Waals surface area contributed by atoms with E-state index in [-0.39, 0.29) is 18.8 Å². The van der Waals surface area contributed by atoms with Crippen molar-refractivity contribution in [3.63, 3.8) is 0 Å². The van der Waals surface area contributed by atoms with Crippen molar-refractivity contribution in [2.24, 2.45) is 5.73 Å². The molecule has 16 heavy (non-hydrogen) atoms. The SMILES string of the molecule is CCCCS(=O)(=O)N[C@H](N)CC(=O)OCC. The molecule has 0 amide bonds. The zero-order chi connectivity index (χ0) is 12.6. The molecular weight excluding hydrogens is 232 g/mol. The van der Waals surface area contributed by atoms with Crippen LogP contribution in [-0.4, -0.2) is 32.9 Å². The van der Waals surface area contributed by atoms with Gasteiger partial charge in [-0.25, -0.2) is 8.42 Å². The second kappa shape index (κ2) is 7.59. The first-order valence-corrected chi connectivity index (χ1v) is 6.97. The van der Waals surface area contributed by atoms with Gasteiger partial charge in [0.25, 0.3) is 0 Å². The van der Waals surface area contributed by atoms with E-state index >= 15 is 0 Å². The van der Waals surface area contributed by atoms with E-state index in [1.54, 1.807) is 6.92 Å². The fraction of sp³-hybridized carbons (Fsp3) is 0.889. The highest BCUT2D eigenvalue weighted by Crippen LogP contribution is 1.96. The Kier molecular flexibility index (Phi) is 7.27. The Hall–Kier alpha value is -0.660. The normalized spacial score (nSPS) is 13.4. The number of carbonyl (C=O) groups is 1. The molecule has 0 saturated heterocycles. The van der Waals surface area contributed by atoms with Crippen molar-refractivity contribution in [3.8, 4) is 0 Å². The van der Waals surface area contributed by atoms with Gasteiger partial charge in [-0.2, -0.15) is 4.72 Å². The number of rotatable bonds is 8. The summed E-state index contributed by atoms with van der Waals surface area (Å²) >= 11 is 0. The first kappa shape index (κ1) is 15.3. The Morgan fingerprint density at radius 3 is 2.56 bits per heavy atom. The lowest BCUT2D eigenvalue weighted by Crippen LogP contribution is -2.44. The van der Waals surface area contributed by atoms with Crippen molar-refractivity contribution in [1.29, 1.82) is 0 Å². The number of nitrogens with two attached hydrogens (primary N) is 1. The standard InChI is InChI=1S/C9H20N2O4S/c1-3-5-6-16(13,14)11-8(10)7-9(12)15-4-2/h8,11H,3-7,10H2,1-2H3/t8-/m0/s1. The molecule has 0 fully saturated rings. The van der Waals surface area contributed by atoms with E-state index in [1.807, 2.05) is 6.92 Å². The number of ether oxygens (including phenoxy) is 1. The molecule has 0 spiro atoms. The summed E-state index contributed by atoms with van der Waals surface area (Å²) in [5.41, 5.74) is 5.47. The van der Waals surface area contributed by atoms with Gasteiger partial charge < -0.3 is 10.5 Å². The molecule has 0 saturated carbocycles. The average molecular weight is 252 g/mol. The van der Waals surface area contributed by atoms with E-state index in [4.69, 9.17) is 5.73 Å². The lowest BCUT2D eigenvalue weighted by atomic mass is 10.4. The summed E-state index contributed by atoms with van der Waals surface area (Å²) in [5, 5.41) is 0. The molecule has 0 aliphatic carbocycles. The predicted molar refractivity (Wildman–Crippen MR) is 61.1 cm³/mol. The molecule has 6 nitrogen and oxygen atoms in total. The summed E-state index contributed by atoms with van der Waals surface area (Å²) in [7, 11) is -3.39. The minimum Gasteiger partial charge on any atom is -0.466 e. The minimum atomic E-state index is -3.39. The fourth-order valence-electron chi connectivity index (χ4n) is 1.07. The quantitative estimate of drug-likeness (QED) is 0.466. The maximum absolute atomic E-state index is 11.4. The fourth-order valence-corrected chi connectivity index (χ4v) is 2.40. The smallest absolute Gasteiger partial charge is 0.308 e. The maximum Gasteiger partial charge on any atom is 0.308 e. The first-order valence-electron chi connectivity index (χ1n) is 5.32. The second-order valence-corrected chi connectivity index (χ2v) is 5.28. The van der Waals surface area contributed by atoms with E-state index in [9.17, 15) is 13.2 Å². The predicted octanol–water partition coefficient (Wildman–Crippen LogP) is -0.0561. The van der Waals surface area contributed by atoms with E-state index < -0.39 is 22.2 Å². The van der Waals surface area contributed by atoms with Gasteiger partial charge in [0.15, 0.2) is 0 Å². The maximum atomic E-state index is 11.4. The third-order valence-electron chi connectivity index (χ3n) is 1.79. The average Bonchev–Trinajstić information content (AvgIpc) is 2.13. The summed E-state index contributed by atoms with van der Waals surface area (Å²) in [4.78, 5) is 11.0. The Morgan fingerprint density at radius 2 is 2.06 bits per heavy atom. The van der Waals surface area contributed by atoms with Gasteiger partial charge in [-0.05, 0) is 13.3 Å². The van der Waals surface area contributed by atoms with Gasteiger partial charge >= 0.3 is 5.97 Å². The molecule has 0 aromatic carbocycles. The highest BCUT2D eigenvalue weighted by atomic mass is 32.2. The van der Waals surface area contributed by atoms with Crippen LogP contribution in [0, 0.1) is 0 Å². The number of sulfonamides is 1. The third kappa shape index (κ3) is 7.61. The summed E-state index contributed by atoms with van der Waals surface area (Å²) in [5.74, 6) is -0.479. The zero-order valence-electron chi connectivity index (χ0n) is 9.73. The zero-order valence-corrected chi connectivity index (χ0v) is 10.5. The lowest BCUT2D eigenvalue weighted by molar-refractivity contribution is -0.143. The summed E-state index contributed by atoms with van der Waals surface area (Å²) in [6.07, 6.45) is 0.287. The van der Waals surface area contributed by atoms with E-state index in [0.717, 1.165) is 6.42 Å². The molecule has 3 N–H and O–H groups in total. The Bertz CT molecular complexity index is 303. The van der Waals surface area contributed by atoms with Crippen LogP contribution in [0.15, 0.2) is 0 Å². The van der Waals surface area contributed by atoms with Gasteiger partial charge in [0.2, 0.25) is 10.0 Å².